The predicted molar refractivity (Wildman–Crippen MR) is 70.9 cm³/mol. The average molecular weight is 238 g/mol. The molecule has 3 nitrogen and oxygen atoms in total. The Morgan fingerprint density at radius 1 is 1.50 bits per heavy atom. The van der Waals surface area contributed by atoms with Gasteiger partial charge in [0, 0.05) is 17.7 Å². The Morgan fingerprint density at radius 2 is 2.19 bits per heavy atom. The van der Waals surface area contributed by atoms with E-state index in [0.29, 0.717) is 4.99 Å². The molecule has 88 valence electrons. The van der Waals surface area contributed by atoms with Crippen LogP contribution in [0.2, 0.25) is 0 Å². The van der Waals surface area contributed by atoms with Gasteiger partial charge in [-0.15, -0.1) is 0 Å². The number of nitrogens with zero attached hydrogens (tertiary/aromatic N) is 1. The zero-order valence-electron chi connectivity index (χ0n) is 9.99. The lowest BCUT2D eigenvalue weighted by Gasteiger charge is -2.17. The molecule has 0 heterocycles. The maximum Gasteiger partial charge on any atom is 0.123 e. The Morgan fingerprint density at radius 3 is 2.69 bits per heavy atom. The van der Waals surface area contributed by atoms with Crippen LogP contribution in [-0.2, 0) is 6.54 Å². The number of nitrogens with two attached hydrogens (primary N) is 1. The summed E-state index contributed by atoms with van der Waals surface area (Å²) >= 11 is 4.97. The van der Waals surface area contributed by atoms with E-state index in [2.05, 4.69) is 18.9 Å². The smallest absolute Gasteiger partial charge is 0.123 e. The Balaban J connectivity index is 3.02. The molecule has 0 saturated carbocycles. The van der Waals surface area contributed by atoms with Gasteiger partial charge in [-0.05, 0) is 31.8 Å². The van der Waals surface area contributed by atoms with E-state index in [-0.39, 0.29) is 0 Å². The highest BCUT2D eigenvalue weighted by atomic mass is 32.1. The van der Waals surface area contributed by atoms with Crippen molar-refractivity contribution in [2.45, 2.75) is 13.5 Å². The van der Waals surface area contributed by atoms with Crippen LogP contribution in [0.4, 0.5) is 0 Å². The zero-order chi connectivity index (χ0) is 12.1. The fourth-order valence-electron chi connectivity index (χ4n) is 1.46. The van der Waals surface area contributed by atoms with Gasteiger partial charge in [0.25, 0.3) is 0 Å². The average Bonchev–Trinajstić information content (AvgIpc) is 2.28. The molecular weight excluding hydrogens is 220 g/mol. The first-order valence-corrected chi connectivity index (χ1v) is 5.64. The maximum absolute atomic E-state index is 5.61. The van der Waals surface area contributed by atoms with Crippen molar-refractivity contribution < 1.29 is 4.74 Å². The van der Waals surface area contributed by atoms with Gasteiger partial charge in [-0.25, -0.2) is 0 Å². The first-order chi connectivity index (χ1) is 7.58. The normalized spacial score (nSPS) is 10.5. The molecule has 0 aliphatic rings. The van der Waals surface area contributed by atoms with Crippen LogP contribution in [-0.4, -0.2) is 30.6 Å². The summed E-state index contributed by atoms with van der Waals surface area (Å²) in [4.78, 5) is 2.62. The third-order valence-electron chi connectivity index (χ3n) is 2.55. The lowest BCUT2D eigenvalue weighted by Crippen LogP contribution is -2.18. The summed E-state index contributed by atoms with van der Waals surface area (Å²) in [5.74, 6) is 0.875. The molecule has 0 aliphatic heterocycles. The van der Waals surface area contributed by atoms with Gasteiger partial charge in [-0.2, -0.15) is 0 Å². The summed E-state index contributed by atoms with van der Waals surface area (Å²) in [5.41, 5.74) is 7.61. The Labute approximate surface area is 102 Å². The number of hydrogen-bond donors (Lipinski definition) is 1. The number of ether oxygens (including phenoxy) is 1. The van der Waals surface area contributed by atoms with Gasteiger partial charge in [0.05, 0.1) is 7.11 Å². The molecular formula is C12H18N2OS. The standard InChI is InChI=1S/C12H18N2OS/c1-4-14(2)8-10-7-9(12(13)16)5-6-11(10)15-3/h5-7H,4,8H2,1-3H3,(H2,13,16). The first-order valence-electron chi connectivity index (χ1n) is 5.23. The van der Waals surface area contributed by atoms with Crippen LogP contribution >= 0.6 is 12.2 Å². The molecule has 0 unspecified atom stereocenters. The molecule has 0 saturated heterocycles. The second-order valence-corrected chi connectivity index (χ2v) is 4.16. The molecule has 0 aliphatic carbocycles. The molecule has 1 aromatic carbocycles. The number of hydrogen-bond acceptors (Lipinski definition) is 3. The van der Waals surface area contributed by atoms with Crippen molar-refractivity contribution in [2.24, 2.45) is 5.73 Å². The quantitative estimate of drug-likeness (QED) is 0.794. The predicted octanol–water partition coefficient (Wildman–Crippen LogP) is 1.78. The minimum absolute atomic E-state index is 0.419. The Kier molecular flexibility index (Phi) is 4.71. The molecule has 0 fully saturated rings. The summed E-state index contributed by atoms with van der Waals surface area (Å²) in [6.45, 7) is 3.93. The lowest BCUT2D eigenvalue weighted by atomic mass is 10.1. The maximum atomic E-state index is 5.61. The van der Waals surface area contributed by atoms with Crippen molar-refractivity contribution in [3.05, 3.63) is 29.3 Å². The van der Waals surface area contributed by atoms with Crippen LogP contribution < -0.4 is 10.5 Å². The van der Waals surface area contributed by atoms with Crippen molar-refractivity contribution in [3.63, 3.8) is 0 Å². The summed E-state index contributed by atoms with van der Waals surface area (Å²) < 4.78 is 5.31. The van der Waals surface area contributed by atoms with Gasteiger partial charge in [-0.1, -0.05) is 19.1 Å². The van der Waals surface area contributed by atoms with Crippen molar-refractivity contribution in [1.82, 2.24) is 4.90 Å². The van der Waals surface area contributed by atoms with Crippen LogP contribution in [0.3, 0.4) is 0 Å². The van der Waals surface area contributed by atoms with Gasteiger partial charge < -0.3 is 15.4 Å². The van der Waals surface area contributed by atoms with Crippen LogP contribution in [0.25, 0.3) is 0 Å². The molecule has 0 amide bonds. The SMILES string of the molecule is CCN(C)Cc1cc(C(N)=S)ccc1OC. The van der Waals surface area contributed by atoms with Crippen molar-refractivity contribution in [1.29, 1.82) is 0 Å². The fourth-order valence-corrected chi connectivity index (χ4v) is 1.58. The second kappa shape index (κ2) is 5.82. The summed E-state index contributed by atoms with van der Waals surface area (Å²) in [6, 6.07) is 5.79. The van der Waals surface area contributed by atoms with Crippen molar-refractivity contribution >= 4 is 17.2 Å². The lowest BCUT2D eigenvalue weighted by molar-refractivity contribution is 0.333. The molecule has 1 aromatic rings. The highest BCUT2D eigenvalue weighted by Crippen LogP contribution is 2.21. The summed E-state index contributed by atoms with van der Waals surface area (Å²) in [6.07, 6.45) is 0. The van der Waals surface area contributed by atoms with E-state index in [1.165, 1.54) is 0 Å². The first kappa shape index (κ1) is 12.9. The summed E-state index contributed by atoms with van der Waals surface area (Å²) in [5, 5.41) is 0. The van der Waals surface area contributed by atoms with E-state index in [0.717, 1.165) is 30.0 Å². The van der Waals surface area contributed by atoms with Crippen LogP contribution in [0.1, 0.15) is 18.1 Å². The van der Waals surface area contributed by atoms with Crippen molar-refractivity contribution in [3.8, 4) is 5.75 Å². The van der Waals surface area contributed by atoms with Crippen LogP contribution in [0.15, 0.2) is 18.2 Å². The van der Waals surface area contributed by atoms with Gasteiger partial charge >= 0.3 is 0 Å². The Hall–Kier alpha value is -1.13. The topological polar surface area (TPSA) is 38.5 Å². The fraction of sp³-hybridized carbons (Fsp3) is 0.417. The summed E-state index contributed by atoms with van der Waals surface area (Å²) in [7, 11) is 3.73. The monoisotopic (exact) mass is 238 g/mol. The second-order valence-electron chi connectivity index (χ2n) is 3.72. The molecule has 16 heavy (non-hydrogen) atoms. The van der Waals surface area contributed by atoms with E-state index >= 15 is 0 Å². The molecule has 2 N–H and O–H groups in total. The molecule has 0 bridgehead atoms. The number of thiocarbonyl (C=S) groups is 1. The van der Waals surface area contributed by atoms with Gasteiger partial charge in [-0.3, -0.25) is 0 Å². The van der Waals surface area contributed by atoms with Gasteiger partial charge in [0.15, 0.2) is 0 Å². The van der Waals surface area contributed by atoms with E-state index < -0.39 is 0 Å². The molecule has 0 atom stereocenters. The van der Waals surface area contributed by atoms with E-state index in [9.17, 15) is 0 Å². The van der Waals surface area contributed by atoms with Gasteiger partial charge in [0.2, 0.25) is 0 Å². The molecule has 0 aromatic heterocycles. The number of methoxy groups -OCH3 is 1. The third kappa shape index (κ3) is 3.18. The Bertz CT molecular complexity index is 379. The molecule has 0 radical (unpaired) electrons. The van der Waals surface area contributed by atoms with Crippen LogP contribution in [0, 0.1) is 0 Å². The molecule has 4 heteroatoms. The molecule has 1 rings (SSSR count). The highest BCUT2D eigenvalue weighted by Gasteiger charge is 2.07. The third-order valence-corrected chi connectivity index (χ3v) is 2.78. The van der Waals surface area contributed by atoms with E-state index in [4.69, 9.17) is 22.7 Å². The largest absolute Gasteiger partial charge is 0.496 e. The minimum Gasteiger partial charge on any atom is -0.496 e. The van der Waals surface area contributed by atoms with E-state index in [1.807, 2.05) is 18.2 Å². The van der Waals surface area contributed by atoms with Gasteiger partial charge in [0.1, 0.15) is 10.7 Å². The van der Waals surface area contributed by atoms with Crippen LogP contribution in [0.5, 0.6) is 5.75 Å². The number of benzene rings is 1. The highest BCUT2D eigenvalue weighted by molar-refractivity contribution is 7.80. The molecule has 0 spiro atoms. The van der Waals surface area contributed by atoms with E-state index in [1.54, 1.807) is 7.11 Å². The zero-order valence-corrected chi connectivity index (χ0v) is 10.8. The van der Waals surface area contributed by atoms with Crippen molar-refractivity contribution in [2.75, 3.05) is 20.7 Å². The number of rotatable bonds is 5. The minimum atomic E-state index is 0.419.